The lowest BCUT2D eigenvalue weighted by molar-refractivity contribution is -0.119. The molecule has 0 bridgehead atoms. The molecule has 0 saturated heterocycles. The molecule has 0 saturated carbocycles. The Balaban J connectivity index is 1.79. The summed E-state index contributed by atoms with van der Waals surface area (Å²) in [6.07, 6.45) is 0. The van der Waals surface area contributed by atoms with E-state index in [-0.39, 0.29) is 6.61 Å². The number of hydrogen-bond acceptors (Lipinski definition) is 5. The molecule has 2 aromatic rings. The Morgan fingerprint density at radius 2 is 1.52 bits per heavy atom. The fourth-order valence-electron chi connectivity index (χ4n) is 2.16. The number of rotatable bonds is 9. The quantitative estimate of drug-likeness (QED) is 0.677. The van der Waals surface area contributed by atoms with Crippen LogP contribution in [-0.4, -0.2) is 31.7 Å². The highest BCUT2D eigenvalue weighted by atomic mass is 16.5. The van der Waals surface area contributed by atoms with Gasteiger partial charge in [-0.1, -0.05) is 13.8 Å². The number of carbonyl (C=O) groups excluding carboxylic acids is 2. The summed E-state index contributed by atoms with van der Waals surface area (Å²) in [5.74, 6) is 0.858. The summed E-state index contributed by atoms with van der Waals surface area (Å²) in [6, 6.07) is 13.6. The number of hydrogen-bond donors (Lipinski definition) is 1. The summed E-state index contributed by atoms with van der Waals surface area (Å²) in [4.78, 5) is 24.0. The zero-order valence-corrected chi connectivity index (χ0v) is 15.9. The average Bonchev–Trinajstić information content (AvgIpc) is 2.66. The number of amides is 1. The molecule has 1 N–H and O–H groups in total. The van der Waals surface area contributed by atoms with Gasteiger partial charge in [-0.25, -0.2) is 4.79 Å². The first-order chi connectivity index (χ1) is 13.0. The van der Waals surface area contributed by atoms with E-state index in [2.05, 4.69) is 19.2 Å². The molecule has 0 fully saturated rings. The number of ether oxygens (including phenoxy) is 3. The van der Waals surface area contributed by atoms with Gasteiger partial charge in [-0.15, -0.1) is 0 Å². The van der Waals surface area contributed by atoms with E-state index in [1.54, 1.807) is 48.5 Å². The van der Waals surface area contributed by atoms with Gasteiger partial charge >= 0.3 is 5.97 Å². The molecule has 6 heteroatoms. The summed E-state index contributed by atoms with van der Waals surface area (Å²) in [6.45, 7) is 6.84. The van der Waals surface area contributed by atoms with Crippen LogP contribution in [0.2, 0.25) is 0 Å². The van der Waals surface area contributed by atoms with Gasteiger partial charge in [0.1, 0.15) is 11.5 Å². The van der Waals surface area contributed by atoms with Gasteiger partial charge in [0, 0.05) is 5.69 Å². The molecule has 0 spiro atoms. The molecule has 6 nitrogen and oxygen atoms in total. The zero-order valence-electron chi connectivity index (χ0n) is 15.9. The number of benzene rings is 2. The minimum absolute atomic E-state index is 0.362. The third kappa shape index (κ3) is 7.01. The predicted octanol–water partition coefficient (Wildman–Crippen LogP) is 3.92. The van der Waals surface area contributed by atoms with Crippen LogP contribution in [0.25, 0.3) is 0 Å². The normalized spacial score (nSPS) is 10.4. The third-order valence-electron chi connectivity index (χ3n) is 3.46. The van der Waals surface area contributed by atoms with E-state index in [1.165, 1.54) is 0 Å². The molecule has 0 atom stereocenters. The van der Waals surface area contributed by atoms with Crippen LogP contribution in [-0.2, 0) is 9.53 Å². The summed E-state index contributed by atoms with van der Waals surface area (Å²) in [5.41, 5.74) is 0.965. The molecule has 27 heavy (non-hydrogen) atoms. The van der Waals surface area contributed by atoms with Crippen LogP contribution >= 0.6 is 0 Å². The predicted molar refractivity (Wildman–Crippen MR) is 103 cm³/mol. The molecule has 0 heterocycles. The van der Waals surface area contributed by atoms with E-state index < -0.39 is 11.9 Å². The Bertz CT molecular complexity index is 738. The van der Waals surface area contributed by atoms with Crippen molar-refractivity contribution in [2.45, 2.75) is 20.8 Å². The second-order valence-electron chi connectivity index (χ2n) is 6.31. The number of nitrogens with one attached hydrogen (secondary N) is 1. The summed E-state index contributed by atoms with van der Waals surface area (Å²) >= 11 is 0. The van der Waals surface area contributed by atoms with Crippen LogP contribution in [0.4, 0.5) is 5.69 Å². The standard InChI is InChI=1S/C21H25NO5/c1-4-25-18-11-7-17(8-12-18)22-20(23)14-27-21(24)16-5-9-19(10-6-16)26-13-15(2)3/h5-12,15H,4,13-14H2,1-3H3,(H,22,23). The maximum absolute atomic E-state index is 12.0. The van der Waals surface area contributed by atoms with E-state index in [0.717, 1.165) is 5.75 Å². The van der Waals surface area contributed by atoms with Gasteiger partial charge in [0.25, 0.3) is 5.91 Å². The summed E-state index contributed by atoms with van der Waals surface area (Å²) in [7, 11) is 0. The molecular formula is C21H25NO5. The molecule has 0 radical (unpaired) electrons. The third-order valence-corrected chi connectivity index (χ3v) is 3.46. The van der Waals surface area contributed by atoms with Gasteiger partial charge in [0.05, 0.1) is 18.8 Å². The Kier molecular flexibility index (Phi) is 7.67. The Morgan fingerprint density at radius 3 is 2.11 bits per heavy atom. The molecule has 0 aromatic heterocycles. The van der Waals surface area contributed by atoms with Crippen molar-refractivity contribution in [3.8, 4) is 11.5 Å². The van der Waals surface area contributed by atoms with Gasteiger partial charge in [-0.2, -0.15) is 0 Å². The van der Waals surface area contributed by atoms with E-state index in [9.17, 15) is 9.59 Å². The van der Waals surface area contributed by atoms with Crippen molar-refractivity contribution < 1.29 is 23.8 Å². The molecule has 0 aliphatic heterocycles. The van der Waals surface area contributed by atoms with Crippen molar-refractivity contribution in [3.63, 3.8) is 0 Å². The lowest BCUT2D eigenvalue weighted by Crippen LogP contribution is -2.20. The molecule has 0 aliphatic rings. The van der Waals surface area contributed by atoms with Crippen molar-refractivity contribution in [2.75, 3.05) is 25.1 Å². The highest BCUT2D eigenvalue weighted by Crippen LogP contribution is 2.16. The fourth-order valence-corrected chi connectivity index (χ4v) is 2.16. The van der Waals surface area contributed by atoms with E-state index in [1.807, 2.05) is 6.92 Å². The number of anilines is 1. The minimum Gasteiger partial charge on any atom is -0.494 e. The summed E-state index contributed by atoms with van der Waals surface area (Å²) in [5, 5.41) is 2.66. The maximum Gasteiger partial charge on any atom is 0.338 e. The van der Waals surface area contributed by atoms with Gasteiger partial charge in [-0.3, -0.25) is 4.79 Å². The van der Waals surface area contributed by atoms with E-state index >= 15 is 0 Å². The highest BCUT2D eigenvalue weighted by Gasteiger charge is 2.11. The van der Waals surface area contributed by atoms with Crippen LogP contribution in [0, 0.1) is 5.92 Å². The lowest BCUT2D eigenvalue weighted by Gasteiger charge is -2.10. The monoisotopic (exact) mass is 371 g/mol. The first-order valence-corrected chi connectivity index (χ1v) is 8.90. The first kappa shape index (κ1) is 20.3. The van der Waals surface area contributed by atoms with Crippen molar-refractivity contribution in [1.82, 2.24) is 0 Å². The Morgan fingerprint density at radius 1 is 0.926 bits per heavy atom. The van der Waals surface area contributed by atoms with Crippen molar-refractivity contribution >= 4 is 17.6 Å². The smallest absolute Gasteiger partial charge is 0.338 e. The largest absolute Gasteiger partial charge is 0.494 e. The van der Waals surface area contributed by atoms with Gasteiger partial charge < -0.3 is 19.5 Å². The Labute approximate surface area is 159 Å². The minimum atomic E-state index is -0.563. The highest BCUT2D eigenvalue weighted by molar-refractivity contribution is 5.95. The van der Waals surface area contributed by atoms with Crippen LogP contribution in [0.5, 0.6) is 11.5 Å². The zero-order chi connectivity index (χ0) is 19.6. The second kappa shape index (κ2) is 10.2. The number of esters is 1. The summed E-state index contributed by atoms with van der Waals surface area (Å²) < 4.78 is 15.9. The second-order valence-corrected chi connectivity index (χ2v) is 6.31. The molecule has 0 unspecified atom stereocenters. The lowest BCUT2D eigenvalue weighted by atomic mass is 10.2. The van der Waals surface area contributed by atoms with Gasteiger partial charge in [0.15, 0.2) is 6.61 Å². The topological polar surface area (TPSA) is 73.9 Å². The fraction of sp³-hybridized carbons (Fsp3) is 0.333. The molecule has 2 aromatic carbocycles. The van der Waals surface area contributed by atoms with Crippen LogP contribution in [0.1, 0.15) is 31.1 Å². The van der Waals surface area contributed by atoms with E-state index in [0.29, 0.717) is 36.1 Å². The average molecular weight is 371 g/mol. The van der Waals surface area contributed by atoms with Crippen LogP contribution < -0.4 is 14.8 Å². The molecular weight excluding hydrogens is 346 g/mol. The molecule has 2 rings (SSSR count). The molecule has 144 valence electrons. The molecule has 0 aliphatic carbocycles. The van der Waals surface area contributed by atoms with E-state index in [4.69, 9.17) is 14.2 Å². The van der Waals surface area contributed by atoms with Crippen molar-refractivity contribution in [1.29, 1.82) is 0 Å². The van der Waals surface area contributed by atoms with Crippen molar-refractivity contribution in [2.24, 2.45) is 5.92 Å². The van der Waals surface area contributed by atoms with Crippen LogP contribution in [0.3, 0.4) is 0 Å². The SMILES string of the molecule is CCOc1ccc(NC(=O)COC(=O)c2ccc(OCC(C)C)cc2)cc1. The van der Waals surface area contributed by atoms with Gasteiger partial charge in [0.2, 0.25) is 0 Å². The Hall–Kier alpha value is -3.02. The molecule has 1 amide bonds. The first-order valence-electron chi connectivity index (χ1n) is 8.90. The number of carbonyl (C=O) groups is 2. The van der Waals surface area contributed by atoms with Crippen molar-refractivity contribution in [3.05, 3.63) is 54.1 Å². The van der Waals surface area contributed by atoms with Crippen LogP contribution in [0.15, 0.2) is 48.5 Å². The van der Waals surface area contributed by atoms with Gasteiger partial charge in [-0.05, 0) is 61.4 Å². The maximum atomic E-state index is 12.0.